The van der Waals surface area contributed by atoms with Gasteiger partial charge in [-0.1, -0.05) is 61.4 Å². The fourth-order valence-electron chi connectivity index (χ4n) is 3.28. The van der Waals surface area contributed by atoms with Crippen molar-refractivity contribution in [2.75, 3.05) is 6.54 Å². The molecule has 25 heavy (non-hydrogen) atoms. The summed E-state index contributed by atoms with van der Waals surface area (Å²) in [5.74, 6) is 0.118. The smallest absolute Gasteiger partial charge is 0.250 e. The van der Waals surface area contributed by atoms with Gasteiger partial charge < -0.3 is 16.2 Å². The Balaban J connectivity index is 0.00000312. The molecule has 4 N–H and O–H groups in total. The summed E-state index contributed by atoms with van der Waals surface area (Å²) in [5.41, 5.74) is 6.93. The molecule has 2 rings (SSSR count). The third kappa shape index (κ3) is 7.32. The van der Waals surface area contributed by atoms with Crippen molar-refractivity contribution in [1.29, 1.82) is 0 Å². The van der Waals surface area contributed by atoms with Crippen LogP contribution in [0.4, 0.5) is 0 Å². The van der Waals surface area contributed by atoms with E-state index in [1.165, 1.54) is 19.3 Å². The molecule has 1 unspecified atom stereocenters. The zero-order chi connectivity index (χ0) is 17.5. The molecule has 1 saturated carbocycles. The van der Waals surface area contributed by atoms with Crippen molar-refractivity contribution in [3.63, 3.8) is 0 Å². The van der Waals surface area contributed by atoms with Crippen molar-refractivity contribution >= 4 is 41.5 Å². The van der Waals surface area contributed by atoms with Crippen LogP contribution in [0.15, 0.2) is 18.2 Å². The van der Waals surface area contributed by atoms with Crippen molar-refractivity contribution in [2.45, 2.75) is 57.1 Å². The number of halogens is 3. The number of rotatable bonds is 7. The van der Waals surface area contributed by atoms with E-state index in [1.54, 1.807) is 12.1 Å². The van der Waals surface area contributed by atoms with Gasteiger partial charge in [0.25, 0.3) is 0 Å². The number of hydrogen-bond donors (Lipinski definition) is 3. The summed E-state index contributed by atoms with van der Waals surface area (Å²) >= 11 is 12.0. The molecule has 0 spiro atoms. The number of aliphatic hydroxyl groups excluding tert-OH is 1. The minimum atomic E-state index is -1.16. The number of aliphatic hydroxyl groups is 1. The predicted octanol–water partition coefficient (Wildman–Crippen LogP) is 3.73. The zero-order valence-electron chi connectivity index (χ0n) is 14.2. The lowest BCUT2D eigenvalue weighted by atomic mass is 9.84. The Labute approximate surface area is 165 Å². The molecule has 0 aliphatic heterocycles. The largest absolute Gasteiger partial charge is 0.382 e. The maximum atomic E-state index is 12.1. The number of nitrogens with two attached hydrogens (primary N) is 1. The average molecular weight is 410 g/mol. The maximum absolute atomic E-state index is 12.1. The third-order valence-corrected chi connectivity index (χ3v) is 5.30. The number of carbonyl (C=O) groups excluding carboxylic acids is 1. The van der Waals surface area contributed by atoms with Gasteiger partial charge in [0.05, 0.1) is 0 Å². The van der Waals surface area contributed by atoms with Gasteiger partial charge in [0, 0.05) is 22.6 Å². The third-order valence-electron chi connectivity index (χ3n) is 4.71. The molecule has 1 amide bonds. The van der Waals surface area contributed by atoms with Crippen LogP contribution < -0.4 is 11.1 Å². The van der Waals surface area contributed by atoms with Gasteiger partial charge >= 0.3 is 0 Å². The zero-order valence-corrected chi connectivity index (χ0v) is 16.5. The monoisotopic (exact) mass is 408 g/mol. The van der Waals surface area contributed by atoms with Crippen LogP contribution in [-0.2, 0) is 11.2 Å². The van der Waals surface area contributed by atoms with Crippen LogP contribution in [0.3, 0.4) is 0 Å². The molecule has 142 valence electrons. The Bertz CT molecular complexity index is 551. The van der Waals surface area contributed by atoms with Gasteiger partial charge in [0.2, 0.25) is 5.91 Å². The van der Waals surface area contributed by atoms with E-state index < -0.39 is 18.1 Å². The molecule has 0 bridgehead atoms. The van der Waals surface area contributed by atoms with Crippen molar-refractivity contribution in [3.8, 4) is 0 Å². The lowest BCUT2D eigenvalue weighted by molar-refractivity contribution is -0.130. The van der Waals surface area contributed by atoms with Crippen LogP contribution in [0.5, 0.6) is 0 Å². The van der Waals surface area contributed by atoms with Crippen LogP contribution in [0.25, 0.3) is 0 Å². The molecular weight excluding hydrogens is 383 g/mol. The molecule has 0 aromatic heterocycles. The summed E-state index contributed by atoms with van der Waals surface area (Å²) in [5, 5.41) is 14.0. The summed E-state index contributed by atoms with van der Waals surface area (Å²) in [7, 11) is 0. The molecule has 1 aliphatic carbocycles. The first kappa shape index (κ1) is 22.5. The number of amides is 1. The molecule has 2 atom stereocenters. The highest BCUT2D eigenvalue weighted by Crippen LogP contribution is 2.27. The Morgan fingerprint density at radius 1 is 1.28 bits per heavy atom. The van der Waals surface area contributed by atoms with E-state index in [0.717, 1.165) is 18.4 Å². The van der Waals surface area contributed by atoms with E-state index in [0.29, 0.717) is 35.3 Å². The molecule has 0 heterocycles. The summed E-state index contributed by atoms with van der Waals surface area (Å²) in [6.07, 6.45) is 6.15. The first-order valence-corrected chi connectivity index (χ1v) is 9.38. The van der Waals surface area contributed by atoms with Gasteiger partial charge in [-0.3, -0.25) is 4.79 Å². The lowest BCUT2D eigenvalue weighted by Gasteiger charge is -2.26. The van der Waals surface area contributed by atoms with Gasteiger partial charge in [0.15, 0.2) is 0 Å². The second-order valence-electron chi connectivity index (χ2n) is 6.63. The molecule has 1 aromatic carbocycles. The van der Waals surface area contributed by atoms with E-state index in [1.807, 2.05) is 6.07 Å². The van der Waals surface area contributed by atoms with Gasteiger partial charge in [-0.15, -0.1) is 12.4 Å². The molecule has 1 aromatic rings. The van der Waals surface area contributed by atoms with Crippen LogP contribution >= 0.6 is 35.6 Å². The Morgan fingerprint density at radius 2 is 1.96 bits per heavy atom. The Hall–Kier alpha value is -0.520. The Morgan fingerprint density at radius 3 is 2.60 bits per heavy atom. The predicted molar refractivity (Wildman–Crippen MR) is 106 cm³/mol. The highest BCUT2D eigenvalue weighted by atomic mass is 35.5. The van der Waals surface area contributed by atoms with Crippen LogP contribution in [0.1, 0.15) is 44.1 Å². The fraction of sp³-hybridized carbons (Fsp3) is 0.611. The highest BCUT2D eigenvalue weighted by Gasteiger charge is 2.26. The fourth-order valence-corrected chi connectivity index (χ4v) is 3.78. The van der Waals surface area contributed by atoms with E-state index in [9.17, 15) is 9.90 Å². The molecule has 1 fully saturated rings. The topological polar surface area (TPSA) is 75.3 Å². The van der Waals surface area contributed by atoms with E-state index >= 15 is 0 Å². The second kappa shape index (κ2) is 11.2. The van der Waals surface area contributed by atoms with Gasteiger partial charge in [-0.25, -0.2) is 0 Å². The van der Waals surface area contributed by atoms with Crippen molar-refractivity contribution in [1.82, 2.24) is 5.32 Å². The number of carbonyl (C=O) groups is 1. The summed E-state index contributed by atoms with van der Waals surface area (Å²) < 4.78 is 0. The van der Waals surface area contributed by atoms with Crippen LogP contribution in [-0.4, -0.2) is 29.7 Å². The van der Waals surface area contributed by atoms with E-state index in [2.05, 4.69) is 5.32 Å². The van der Waals surface area contributed by atoms with Gasteiger partial charge in [0.1, 0.15) is 6.10 Å². The first-order valence-electron chi connectivity index (χ1n) is 8.62. The van der Waals surface area contributed by atoms with Gasteiger partial charge in [-0.05, 0) is 36.5 Å². The number of nitrogens with one attached hydrogen (secondary N) is 1. The average Bonchev–Trinajstić information content (AvgIpc) is 2.57. The summed E-state index contributed by atoms with van der Waals surface area (Å²) in [4.78, 5) is 12.1. The second-order valence-corrected chi connectivity index (χ2v) is 7.47. The molecule has 0 saturated heterocycles. The molecule has 1 aliphatic rings. The Kier molecular flexibility index (Phi) is 10.1. The van der Waals surface area contributed by atoms with Crippen molar-refractivity contribution in [2.24, 2.45) is 11.7 Å². The minimum absolute atomic E-state index is 0. The normalized spacial score (nSPS) is 17.4. The summed E-state index contributed by atoms with van der Waals surface area (Å²) in [6, 6.07) is 4.77. The number of hydrogen-bond acceptors (Lipinski definition) is 3. The number of benzene rings is 1. The van der Waals surface area contributed by atoms with Crippen LogP contribution in [0.2, 0.25) is 10.0 Å². The van der Waals surface area contributed by atoms with E-state index in [-0.39, 0.29) is 12.4 Å². The standard InChI is InChI=1S/C18H26Cl2N2O2.ClH/c19-14-7-6-13(15(20)11-14)8-9-22-18(24)17(23)16(21)10-12-4-2-1-3-5-12;/h6-7,11-12,16-17,23H,1-5,8-10,21H2,(H,22,24);1H/t16-,17?;/m1./s1. The highest BCUT2D eigenvalue weighted by molar-refractivity contribution is 6.35. The van der Waals surface area contributed by atoms with Gasteiger partial charge in [-0.2, -0.15) is 0 Å². The van der Waals surface area contributed by atoms with Crippen molar-refractivity contribution < 1.29 is 9.90 Å². The molecule has 4 nitrogen and oxygen atoms in total. The van der Waals surface area contributed by atoms with E-state index in [4.69, 9.17) is 28.9 Å². The van der Waals surface area contributed by atoms with Crippen molar-refractivity contribution in [3.05, 3.63) is 33.8 Å². The first-order chi connectivity index (χ1) is 11.5. The summed E-state index contributed by atoms with van der Waals surface area (Å²) in [6.45, 7) is 0.396. The molecule has 0 radical (unpaired) electrons. The SMILES string of the molecule is Cl.N[C@H](CC1CCCCC1)C(O)C(=O)NCCc1ccc(Cl)cc1Cl. The lowest BCUT2D eigenvalue weighted by Crippen LogP contribution is -2.47. The molecular formula is C18H27Cl3N2O2. The minimum Gasteiger partial charge on any atom is -0.382 e. The molecule has 7 heteroatoms. The quantitative estimate of drug-likeness (QED) is 0.642. The van der Waals surface area contributed by atoms with Crippen LogP contribution in [0, 0.1) is 5.92 Å². The maximum Gasteiger partial charge on any atom is 0.250 e.